The fraction of sp³-hybridized carbons (Fsp3) is 0.429. The van der Waals surface area contributed by atoms with Crippen molar-refractivity contribution in [3.05, 3.63) is 95.1 Å². The molecule has 3 aromatic carbocycles. The summed E-state index contributed by atoms with van der Waals surface area (Å²) in [5, 5.41) is 17.5. The molecule has 0 bridgehead atoms. The van der Waals surface area contributed by atoms with Crippen LogP contribution in [0.3, 0.4) is 0 Å². The lowest BCUT2D eigenvalue weighted by Gasteiger charge is -2.29. The first-order chi connectivity index (χ1) is 21.7. The van der Waals surface area contributed by atoms with Crippen LogP contribution in [0.5, 0.6) is 5.75 Å². The van der Waals surface area contributed by atoms with Crippen molar-refractivity contribution in [2.75, 3.05) is 25.6 Å². The van der Waals surface area contributed by atoms with Crippen LogP contribution >= 0.6 is 0 Å². The van der Waals surface area contributed by atoms with Gasteiger partial charge in [-0.15, -0.1) is 0 Å². The van der Waals surface area contributed by atoms with Gasteiger partial charge in [0, 0.05) is 11.7 Å². The lowest BCUT2D eigenvalue weighted by Crippen LogP contribution is -2.50. The summed E-state index contributed by atoms with van der Waals surface area (Å²) in [6.45, 7) is 4.42. The lowest BCUT2D eigenvalue weighted by atomic mass is 9.93. The van der Waals surface area contributed by atoms with Crippen LogP contribution in [0.1, 0.15) is 35.1 Å². The molecule has 0 aliphatic carbocycles. The van der Waals surface area contributed by atoms with Gasteiger partial charge in [0.25, 0.3) is 5.91 Å². The van der Waals surface area contributed by atoms with E-state index in [4.69, 9.17) is 24.7 Å². The van der Waals surface area contributed by atoms with Crippen LogP contribution in [0.15, 0.2) is 72.8 Å². The molecule has 2 fully saturated rings. The fourth-order valence-electron chi connectivity index (χ4n) is 6.19. The highest BCUT2D eigenvalue weighted by Crippen LogP contribution is 2.33. The summed E-state index contributed by atoms with van der Waals surface area (Å²) in [5.74, 6) is 0.301. The molecule has 2 saturated heterocycles. The number of carbonyl (C=O) groups excluding carboxylic acids is 2. The quantitative estimate of drug-likeness (QED) is 0.212. The zero-order valence-corrected chi connectivity index (χ0v) is 25.8. The maximum Gasteiger partial charge on any atom is 0.407 e. The van der Waals surface area contributed by atoms with E-state index in [-0.39, 0.29) is 37.7 Å². The minimum atomic E-state index is -1.00. The third kappa shape index (κ3) is 8.97. The van der Waals surface area contributed by atoms with Crippen molar-refractivity contribution < 1.29 is 33.6 Å². The maximum absolute atomic E-state index is 13.2. The number of aryl methyl sites for hydroxylation is 2. The molecule has 3 aromatic rings. The molecule has 5 rings (SSSR count). The zero-order chi connectivity index (χ0) is 31.8. The van der Waals surface area contributed by atoms with Crippen LogP contribution in [-0.2, 0) is 31.8 Å². The van der Waals surface area contributed by atoms with Crippen molar-refractivity contribution in [1.29, 1.82) is 0 Å². The Morgan fingerprint density at radius 1 is 0.956 bits per heavy atom. The van der Waals surface area contributed by atoms with E-state index < -0.39 is 30.4 Å². The largest absolute Gasteiger partial charge is 0.483 e. The van der Waals surface area contributed by atoms with Crippen LogP contribution in [0, 0.1) is 19.8 Å². The van der Waals surface area contributed by atoms with Gasteiger partial charge in [0.15, 0.2) is 12.9 Å². The monoisotopic (exact) mass is 617 g/mol. The van der Waals surface area contributed by atoms with Gasteiger partial charge in [-0.2, -0.15) is 0 Å². The first-order valence-electron chi connectivity index (χ1n) is 15.5. The number of amides is 2. The van der Waals surface area contributed by atoms with Crippen molar-refractivity contribution in [3.8, 4) is 5.75 Å². The molecular weight excluding hydrogens is 574 g/mol. The Labute approximate surface area is 264 Å². The van der Waals surface area contributed by atoms with Crippen molar-refractivity contribution in [1.82, 2.24) is 10.6 Å². The number of rotatable bonds is 13. The van der Waals surface area contributed by atoms with Crippen molar-refractivity contribution >= 4 is 17.7 Å². The molecule has 2 aliphatic rings. The number of carbonyl (C=O) groups is 2. The molecule has 10 heteroatoms. The Kier molecular flexibility index (Phi) is 10.9. The average molecular weight is 618 g/mol. The molecule has 0 spiro atoms. The second-order valence-corrected chi connectivity index (χ2v) is 11.9. The molecular formula is C35H43N3O7. The van der Waals surface area contributed by atoms with E-state index in [9.17, 15) is 14.7 Å². The Balaban J connectivity index is 1.26. The molecule has 2 aliphatic heterocycles. The number of alkyl carbamates (subject to hydrolysis) is 1. The number of nitrogens with two attached hydrogens (primary N) is 1. The molecule has 0 saturated carbocycles. The van der Waals surface area contributed by atoms with Gasteiger partial charge in [-0.3, -0.25) is 4.79 Å². The minimum absolute atomic E-state index is 0.00162. The molecule has 0 aromatic heterocycles. The highest BCUT2D eigenvalue weighted by Gasteiger charge is 2.44. The molecule has 5 N–H and O–H groups in total. The summed E-state index contributed by atoms with van der Waals surface area (Å²) in [5.41, 5.74) is 10.2. The van der Waals surface area contributed by atoms with Crippen LogP contribution < -0.4 is 21.1 Å². The SMILES string of the molecule is Cc1cc(N)cc(C)c1OCC(=O)N[C@@H](Cc1ccccc1)C[C@H](O)[C@H](Cc1ccccc1)NC(=O)OC1CO[C@H]2OCC[C@@H]12. The molecule has 2 heterocycles. The second-order valence-electron chi connectivity index (χ2n) is 11.9. The van der Waals surface area contributed by atoms with Crippen LogP contribution in [-0.4, -0.2) is 67.5 Å². The van der Waals surface area contributed by atoms with Gasteiger partial charge in [-0.1, -0.05) is 60.7 Å². The number of fused-ring (bicyclic) bond motifs is 1. The Morgan fingerprint density at radius 2 is 1.60 bits per heavy atom. The molecule has 6 atom stereocenters. The topological polar surface area (TPSA) is 141 Å². The summed E-state index contributed by atoms with van der Waals surface area (Å²) in [4.78, 5) is 26.3. The summed E-state index contributed by atoms with van der Waals surface area (Å²) in [6, 6.07) is 21.9. The van der Waals surface area contributed by atoms with E-state index in [0.717, 1.165) is 28.7 Å². The smallest absolute Gasteiger partial charge is 0.407 e. The lowest BCUT2D eigenvalue weighted by molar-refractivity contribution is -0.124. The highest BCUT2D eigenvalue weighted by atomic mass is 16.7. The van der Waals surface area contributed by atoms with Gasteiger partial charge in [0.05, 0.1) is 31.3 Å². The predicted octanol–water partition coefficient (Wildman–Crippen LogP) is 3.84. The number of ether oxygens (including phenoxy) is 4. The molecule has 2 amide bonds. The van der Waals surface area contributed by atoms with E-state index in [1.165, 1.54) is 0 Å². The third-order valence-electron chi connectivity index (χ3n) is 8.36. The van der Waals surface area contributed by atoms with Gasteiger partial charge >= 0.3 is 6.09 Å². The summed E-state index contributed by atoms with van der Waals surface area (Å²) < 4.78 is 22.8. The number of benzene rings is 3. The number of hydrogen-bond acceptors (Lipinski definition) is 8. The van der Waals surface area contributed by atoms with E-state index in [2.05, 4.69) is 10.6 Å². The third-order valence-corrected chi connectivity index (χ3v) is 8.36. The molecule has 240 valence electrons. The van der Waals surface area contributed by atoms with Crippen molar-refractivity contribution in [2.24, 2.45) is 5.92 Å². The minimum Gasteiger partial charge on any atom is -0.483 e. The first-order valence-corrected chi connectivity index (χ1v) is 15.5. The zero-order valence-electron chi connectivity index (χ0n) is 25.8. The number of nitrogens with one attached hydrogen (secondary N) is 2. The summed E-state index contributed by atoms with van der Waals surface area (Å²) >= 11 is 0. The van der Waals surface area contributed by atoms with Gasteiger partial charge in [0.2, 0.25) is 0 Å². The van der Waals surface area contributed by atoms with Crippen LogP contribution in [0.2, 0.25) is 0 Å². The highest BCUT2D eigenvalue weighted by molar-refractivity contribution is 5.78. The van der Waals surface area contributed by atoms with Gasteiger partial charge < -0.3 is 40.4 Å². The standard InChI is InChI=1S/C35H43N3O7/c1-22-15-26(36)16-23(2)33(22)43-21-32(40)37-27(17-24-9-5-3-6-10-24)19-30(39)29(18-25-11-7-4-8-12-25)38-35(41)45-31-20-44-34-28(31)13-14-42-34/h3-12,15-16,27-31,34,39H,13-14,17-21,36H2,1-2H3,(H,37,40)(H,38,41)/t27-,28-,29-,30-,31?,34+/m0/s1. The molecule has 1 unspecified atom stereocenters. The average Bonchev–Trinajstić information content (AvgIpc) is 3.62. The van der Waals surface area contributed by atoms with E-state index in [1.54, 1.807) is 12.1 Å². The van der Waals surface area contributed by atoms with Gasteiger partial charge in [-0.25, -0.2) is 4.79 Å². The first kappa shape index (κ1) is 32.3. The number of aliphatic hydroxyl groups excluding tert-OH is 1. The number of hydrogen-bond donors (Lipinski definition) is 4. The van der Waals surface area contributed by atoms with Gasteiger partial charge in [-0.05, 0) is 73.9 Å². The second kappa shape index (κ2) is 15.2. The van der Waals surface area contributed by atoms with E-state index in [0.29, 0.717) is 30.9 Å². The number of aliphatic hydroxyl groups is 1. The van der Waals surface area contributed by atoms with E-state index >= 15 is 0 Å². The molecule has 0 radical (unpaired) electrons. The van der Waals surface area contributed by atoms with E-state index in [1.807, 2.05) is 74.5 Å². The number of anilines is 1. The van der Waals surface area contributed by atoms with Gasteiger partial charge in [0.1, 0.15) is 11.9 Å². The normalized spacial score (nSPS) is 20.9. The Morgan fingerprint density at radius 3 is 2.27 bits per heavy atom. The predicted molar refractivity (Wildman–Crippen MR) is 170 cm³/mol. The Bertz CT molecular complexity index is 1400. The number of nitrogen functional groups attached to an aromatic ring is 1. The van der Waals surface area contributed by atoms with Crippen molar-refractivity contribution in [2.45, 2.75) is 70.1 Å². The molecule has 10 nitrogen and oxygen atoms in total. The van der Waals surface area contributed by atoms with Crippen LogP contribution in [0.25, 0.3) is 0 Å². The maximum atomic E-state index is 13.2. The summed E-state index contributed by atoms with van der Waals surface area (Å²) in [6.07, 6.45) is -0.575. The van der Waals surface area contributed by atoms with Crippen LogP contribution in [0.4, 0.5) is 10.5 Å². The molecule has 45 heavy (non-hydrogen) atoms. The Hall–Kier alpha value is -4.12. The fourth-order valence-corrected chi connectivity index (χ4v) is 6.19. The van der Waals surface area contributed by atoms with Crippen molar-refractivity contribution in [3.63, 3.8) is 0 Å². The summed E-state index contributed by atoms with van der Waals surface area (Å²) in [7, 11) is 0.